The Morgan fingerprint density at radius 2 is 1.66 bits per heavy atom. The Morgan fingerprint density at radius 3 is 2.38 bits per heavy atom. The summed E-state index contributed by atoms with van der Waals surface area (Å²) in [4.78, 5) is 50.4. The summed E-state index contributed by atoms with van der Waals surface area (Å²) in [5, 5.41) is 5.44. The molecular formula is C23H19N3O5S. The minimum Gasteiger partial charge on any atom is -0.450 e. The second-order valence-corrected chi connectivity index (χ2v) is 8.10. The zero-order valence-corrected chi connectivity index (χ0v) is 18.1. The van der Waals surface area contributed by atoms with Gasteiger partial charge in [0.15, 0.2) is 5.09 Å². The number of benzene rings is 2. The van der Waals surface area contributed by atoms with Crippen molar-refractivity contribution in [3.63, 3.8) is 0 Å². The van der Waals surface area contributed by atoms with E-state index in [0.29, 0.717) is 10.8 Å². The van der Waals surface area contributed by atoms with Crippen molar-refractivity contribution in [2.45, 2.75) is 5.09 Å². The van der Waals surface area contributed by atoms with Crippen LogP contribution in [0.15, 0.2) is 69.7 Å². The maximum Gasteiger partial charge on any atom is 0.333 e. The van der Waals surface area contributed by atoms with Gasteiger partial charge in [-0.1, -0.05) is 42.1 Å². The first kappa shape index (κ1) is 21.4. The number of fused-ring (bicyclic) bond motifs is 1. The van der Waals surface area contributed by atoms with Crippen molar-refractivity contribution in [3.05, 3.63) is 65.9 Å². The van der Waals surface area contributed by atoms with Gasteiger partial charge in [0, 0.05) is 19.8 Å². The molecule has 32 heavy (non-hydrogen) atoms. The van der Waals surface area contributed by atoms with E-state index >= 15 is 0 Å². The summed E-state index contributed by atoms with van der Waals surface area (Å²) >= 11 is 1.18. The largest absolute Gasteiger partial charge is 0.450 e. The number of likely N-dealkylation sites (N-methyl/N-ethyl adjacent to an activating group) is 2. The highest BCUT2D eigenvalue weighted by Crippen LogP contribution is 2.25. The van der Waals surface area contributed by atoms with E-state index in [-0.39, 0.29) is 23.0 Å². The van der Waals surface area contributed by atoms with Crippen LogP contribution in [-0.2, 0) is 14.4 Å². The van der Waals surface area contributed by atoms with Crippen LogP contribution in [0.1, 0.15) is 5.76 Å². The van der Waals surface area contributed by atoms with E-state index in [1.54, 1.807) is 12.1 Å². The molecule has 0 atom stereocenters. The number of carbonyl (C=O) groups excluding carboxylic acids is 4. The van der Waals surface area contributed by atoms with Gasteiger partial charge in [-0.2, -0.15) is 0 Å². The number of hydrogen-bond acceptors (Lipinski definition) is 6. The molecule has 2 aromatic carbocycles. The maximum atomic E-state index is 12.3. The molecule has 2 heterocycles. The topological polar surface area (TPSA) is 99.9 Å². The number of nitrogens with zero attached hydrogens (tertiary/aromatic N) is 2. The summed E-state index contributed by atoms with van der Waals surface area (Å²) in [6.45, 7) is 0. The molecule has 0 spiro atoms. The third-order valence-electron chi connectivity index (χ3n) is 4.91. The van der Waals surface area contributed by atoms with Gasteiger partial charge in [0.1, 0.15) is 11.3 Å². The lowest BCUT2D eigenvalue weighted by molar-refractivity contribution is -0.134. The van der Waals surface area contributed by atoms with Crippen molar-refractivity contribution in [1.29, 1.82) is 0 Å². The van der Waals surface area contributed by atoms with Crippen molar-refractivity contribution in [2.24, 2.45) is 0 Å². The lowest BCUT2D eigenvalue weighted by Gasteiger charge is -2.28. The molecule has 4 rings (SSSR count). The van der Waals surface area contributed by atoms with Crippen molar-refractivity contribution in [2.75, 3.05) is 25.2 Å². The predicted molar refractivity (Wildman–Crippen MR) is 121 cm³/mol. The van der Waals surface area contributed by atoms with Crippen molar-refractivity contribution >= 4 is 58.1 Å². The Labute approximate surface area is 187 Å². The fraction of sp³-hybridized carbons (Fsp3) is 0.130. The zero-order valence-electron chi connectivity index (χ0n) is 17.3. The summed E-state index contributed by atoms with van der Waals surface area (Å²) in [6, 6.07) is 16.1. The summed E-state index contributed by atoms with van der Waals surface area (Å²) in [5.41, 5.74) is 0.533. The molecule has 162 valence electrons. The Hall–Kier alpha value is -3.85. The average Bonchev–Trinajstić information content (AvgIpc) is 3.25. The number of furan rings is 1. The highest BCUT2D eigenvalue weighted by Gasteiger charge is 2.38. The number of hydrogen-bond donors (Lipinski definition) is 1. The summed E-state index contributed by atoms with van der Waals surface area (Å²) in [7, 11) is 2.61. The van der Waals surface area contributed by atoms with Gasteiger partial charge in [-0.15, -0.1) is 0 Å². The number of nitrogens with one attached hydrogen (secondary N) is 1. The molecular weight excluding hydrogens is 430 g/mol. The Morgan fingerprint density at radius 1 is 0.969 bits per heavy atom. The lowest BCUT2D eigenvalue weighted by atomic mass is 10.1. The molecule has 9 heteroatoms. The van der Waals surface area contributed by atoms with Crippen LogP contribution in [0, 0.1) is 0 Å². The summed E-state index contributed by atoms with van der Waals surface area (Å²) in [6.07, 6.45) is 1.29. The number of carbonyl (C=O) groups is 4. The smallest absolute Gasteiger partial charge is 0.333 e. The number of amides is 5. The predicted octanol–water partition coefficient (Wildman–Crippen LogP) is 3.60. The van der Waals surface area contributed by atoms with Crippen LogP contribution < -0.4 is 5.32 Å². The first-order valence-corrected chi connectivity index (χ1v) is 10.6. The number of imide groups is 2. The van der Waals surface area contributed by atoms with E-state index in [9.17, 15) is 19.2 Å². The van der Waals surface area contributed by atoms with Gasteiger partial charge in [-0.05, 0) is 41.1 Å². The first-order valence-electron chi connectivity index (χ1n) is 9.66. The molecule has 1 N–H and O–H groups in total. The molecule has 1 aromatic heterocycles. The van der Waals surface area contributed by atoms with Gasteiger partial charge in [-0.3, -0.25) is 24.2 Å². The molecule has 1 saturated heterocycles. The SMILES string of the molecule is CN1C(=O)C(=Cc2ccc(SCC(=O)Nc3ccc4ccccc4c3)o2)C(=O)N(C)C1=O. The second kappa shape index (κ2) is 8.72. The quantitative estimate of drug-likeness (QED) is 0.363. The van der Waals surface area contributed by atoms with Crippen LogP contribution >= 0.6 is 11.8 Å². The molecule has 8 nitrogen and oxygen atoms in total. The van der Waals surface area contributed by atoms with Crippen LogP contribution in [0.3, 0.4) is 0 Å². The molecule has 0 saturated carbocycles. The highest BCUT2D eigenvalue weighted by atomic mass is 32.2. The summed E-state index contributed by atoms with van der Waals surface area (Å²) in [5.74, 6) is -1.19. The molecule has 1 aliphatic heterocycles. The van der Waals surface area contributed by atoms with E-state index in [2.05, 4.69) is 5.32 Å². The summed E-state index contributed by atoms with van der Waals surface area (Å²) < 4.78 is 5.62. The van der Waals surface area contributed by atoms with Gasteiger partial charge >= 0.3 is 6.03 Å². The van der Waals surface area contributed by atoms with Crippen molar-refractivity contribution in [3.8, 4) is 0 Å². The molecule has 0 unspecified atom stereocenters. The number of thioether (sulfide) groups is 1. The third-order valence-corrected chi connectivity index (χ3v) is 5.82. The van der Waals surface area contributed by atoms with E-state index in [1.807, 2.05) is 42.5 Å². The monoisotopic (exact) mass is 449 g/mol. The molecule has 5 amide bonds. The Balaban J connectivity index is 1.39. The molecule has 3 aromatic rings. The fourth-order valence-electron chi connectivity index (χ4n) is 3.21. The van der Waals surface area contributed by atoms with E-state index in [1.165, 1.54) is 31.9 Å². The van der Waals surface area contributed by atoms with Crippen LogP contribution in [0.25, 0.3) is 16.8 Å². The average molecular weight is 449 g/mol. The van der Waals surface area contributed by atoms with Crippen molar-refractivity contribution < 1.29 is 23.6 Å². The minimum atomic E-state index is -0.696. The molecule has 1 aliphatic rings. The van der Waals surface area contributed by atoms with Crippen molar-refractivity contribution in [1.82, 2.24) is 9.80 Å². The molecule has 1 fully saturated rings. The number of barbiturate groups is 1. The fourth-order valence-corrected chi connectivity index (χ4v) is 3.87. The molecule has 0 bridgehead atoms. The zero-order chi connectivity index (χ0) is 22.8. The Kier molecular flexibility index (Phi) is 5.83. The van der Waals surface area contributed by atoms with E-state index in [0.717, 1.165) is 20.6 Å². The van der Waals surface area contributed by atoms with Crippen LogP contribution in [0.4, 0.5) is 10.5 Å². The highest BCUT2D eigenvalue weighted by molar-refractivity contribution is 7.99. The van der Waals surface area contributed by atoms with E-state index < -0.39 is 17.8 Å². The Bertz CT molecular complexity index is 1250. The molecule has 0 aliphatic carbocycles. The van der Waals surface area contributed by atoms with Gasteiger partial charge in [0.05, 0.1) is 5.75 Å². The lowest BCUT2D eigenvalue weighted by Crippen LogP contribution is -2.52. The number of rotatable bonds is 5. The van der Waals surface area contributed by atoms with Crippen LogP contribution in [-0.4, -0.2) is 53.4 Å². The van der Waals surface area contributed by atoms with Gasteiger partial charge in [0.2, 0.25) is 5.91 Å². The van der Waals surface area contributed by atoms with Crippen LogP contribution in [0.5, 0.6) is 0 Å². The number of anilines is 1. The first-order chi connectivity index (χ1) is 15.3. The minimum absolute atomic E-state index is 0.119. The standard InChI is InChI=1S/C23H19N3O5S/c1-25-21(28)18(22(29)26(2)23(25)30)12-17-9-10-20(31-17)32-13-19(27)24-16-8-7-14-5-3-4-6-15(14)11-16/h3-12H,13H2,1-2H3,(H,24,27). The third kappa shape index (κ3) is 4.28. The second-order valence-electron chi connectivity index (χ2n) is 7.12. The van der Waals surface area contributed by atoms with Crippen LogP contribution in [0.2, 0.25) is 0 Å². The van der Waals surface area contributed by atoms with Gasteiger partial charge < -0.3 is 9.73 Å². The van der Waals surface area contributed by atoms with Gasteiger partial charge in [-0.25, -0.2) is 4.79 Å². The van der Waals surface area contributed by atoms with Gasteiger partial charge in [0.25, 0.3) is 11.8 Å². The number of urea groups is 1. The molecule has 0 radical (unpaired) electrons. The normalized spacial score (nSPS) is 14.3. The maximum absolute atomic E-state index is 12.3. The van der Waals surface area contributed by atoms with E-state index in [4.69, 9.17) is 4.42 Å².